The van der Waals surface area contributed by atoms with E-state index in [0.717, 1.165) is 24.4 Å². The highest BCUT2D eigenvalue weighted by Gasteiger charge is 2.30. The fourth-order valence-electron chi connectivity index (χ4n) is 3.20. The van der Waals surface area contributed by atoms with Gasteiger partial charge in [0.05, 0.1) is 0 Å². The van der Waals surface area contributed by atoms with Crippen LogP contribution in [0.3, 0.4) is 0 Å². The fourth-order valence-corrected chi connectivity index (χ4v) is 3.48. The number of aromatic amines is 1. The maximum atomic E-state index is 5.45. The Morgan fingerprint density at radius 1 is 1.40 bits per heavy atom. The summed E-state index contributed by atoms with van der Waals surface area (Å²) in [6.07, 6.45) is 6.62. The average Bonchev–Trinajstić information content (AvgIpc) is 2.80. The Bertz CT molecular complexity index is 641. The fraction of sp³-hybridized carbons (Fsp3) is 0.533. The van der Waals surface area contributed by atoms with Crippen LogP contribution in [0.5, 0.6) is 0 Å². The van der Waals surface area contributed by atoms with Gasteiger partial charge in [-0.1, -0.05) is 26.3 Å². The van der Waals surface area contributed by atoms with Gasteiger partial charge in [0.1, 0.15) is 5.69 Å². The normalized spacial score (nSPS) is 21.8. The molecule has 2 heterocycles. The van der Waals surface area contributed by atoms with Gasteiger partial charge in [0.15, 0.2) is 10.6 Å². The molecule has 1 saturated carbocycles. The molecule has 1 aliphatic rings. The molecule has 0 saturated heterocycles. The number of H-pyrrole nitrogens is 1. The Kier molecular flexibility index (Phi) is 3.46. The number of pyridine rings is 1. The number of nitrogens with zero attached hydrogens (tertiary/aromatic N) is 3. The molecule has 1 fully saturated rings. The summed E-state index contributed by atoms with van der Waals surface area (Å²) in [6.45, 7) is 4.67. The SMILES string of the molecule is CC1(C)CCCC(n2c(-c3ccccn3)n[nH]c2=S)C1. The van der Waals surface area contributed by atoms with Crippen molar-refractivity contribution in [3.05, 3.63) is 29.2 Å². The molecule has 0 aliphatic heterocycles. The Labute approximate surface area is 124 Å². The van der Waals surface area contributed by atoms with Gasteiger partial charge in [0.25, 0.3) is 0 Å². The monoisotopic (exact) mass is 288 g/mol. The zero-order chi connectivity index (χ0) is 14.2. The van der Waals surface area contributed by atoms with Gasteiger partial charge in [-0.25, -0.2) is 0 Å². The van der Waals surface area contributed by atoms with E-state index in [4.69, 9.17) is 12.2 Å². The Morgan fingerprint density at radius 2 is 2.25 bits per heavy atom. The lowest BCUT2D eigenvalue weighted by Gasteiger charge is -2.36. The highest BCUT2D eigenvalue weighted by Crippen LogP contribution is 2.42. The molecule has 0 bridgehead atoms. The lowest BCUT2D eigenvalue weighted by molar-refractivity contribution is 0.183. The summed E-state index contributed by atoms with van der Waals surface area (Å²) in [4.78, 5) is 4.40. The van der Waals surface area contributed by atoms with Crippen LogP contribution in [-0.4, -0.2) is 19.7 Å². The predicted octanol–water partition coefficient (Wildman–Crippen LogP) is 4.14. The molecular weight excluding hydrogens is 268 g/mol. The molecule has 0 aromatic carbocycles. The molecule has 0 amide bonds. The lowest BCUT2D eigenvalue weighted by atomic mass is 9.75. The largest absolute Gasteiger partial charge is 0.296 e. The summed E-state index contributed by atoms with van der Waals surface area (Å²) in [7, 11) is 0. The van der Waals surface area contributed by atoms with Gasteiger partial charge >= 0.3 is 0 Å². The van der Waals surface area contributed by atoms with Crippen molar-refractivity contribution in [2.75, 3.05) is 0 Å². The van der Waals surface area contributed by atoms with E-state index < -0.39 is 0 Å². The number of rotatable bonds is 2. The minimum Gasteiger partial charge on any atom is -0.296 e. The van der Waals surface area contributed by atoms with Crippen LogP contribution in [0, 0.1) is 10.2 Å². The average molecular weight is 288 g/mol. The van der Waals surface area contributed by atoms with Gasteiger partial charge in [-0.3, -0.25) is 14.6 Å². The molecule has 3 rings (SSSR count). The summed E-state index contributed by atoms with van der Waals surface area (Å²) < 4.78 is 2.87. The van der Waals surface area contributed by atoms with Crippen LogP contribution in [0.2, 0.25) is 0 Å². The summed E-state index contributed by atoms with van der Waals surface area (Å²) in [5, 5.41) is 7.33. The molecule has 106 valence electrons. The number of nitrogens with one attached hydrogen (secondary N) is 1. The van der Waals surface area contributed by atoms with Gasteiger partial charge in [-0.05, 0) is 49.0 Å². The molecule has 2 aromatic heterocycles. The highest BCUT2D eigenvalue weighted by atomic mass is 32.1. The first kappa shape index (κ1) is 13.5. The summed E-state index contributed by atoms with van der Waals surface area (Å²) in [6, 6.07) is 6.30. The molecule has 1 atom stereocenters. The molecule has 0 radical (unpaired) electrons. The van der Waals surface area contributed by atoms with Gasteiger partial charge in [0.2, 0.25) is 0 Å². The first-order chi connectivity index (χ1) is 9.57. The summed E-state index contributed by atoms with van der Waals surface area (Å²) >= 11 is 5.45. The van der Waals surface area contributed by atoms with Crippen molar-refractivity contribution < 1.29 is 0 Å². The van der Waals surface area contributed by atoms with Crippen LogP contribution in [0.25, 0.3) is 11.5 Å². The lowest BCUT2D eigenvalue weighted by Crippen LogP contribution is -2.25. The smallest absolute Gasteiger partial charge is 0.195 e. The maximum Gasteiger partial charge on any atom is 0.195 e. The van der Waals surface area contributed by atoms with Crippen molar-refractivity contribution in [2.24, 2.45) is 5.41 Å². The zero-order valence-corrected chi connectivity index (χ0v) is 12.8. The van der Waals surface area contributed by atoms with Gasteiger partial charge in [-0.15, -0.1) is 0 Å². The van der Waals surface area contributed by atoms with Crippen molar-refractivity contribution in [1.82, 2.24) is 19.7 Å². The standard InChI is InChI=1S/C15H20N4S/c1-15(2)8-5-6-11(10-15)19-13(17-18-14(19)20)12-7-3-4-9-16-12/h3-4,7,9,11H,5-6,8,10H2,1-2H3,(H,18,20). The Morgan fingerprint density at radius 3 is 2.95 bits per heavy atom. The molecule has 1 aliphatic carbocycles. The highest BCUT2D eigenvalue weighted by molar-refractivity contribution is 7.71. The second kappa shape index (κ2) is 5.13. The Balaban J connectivity index is 2.02. The first-order valence-corrected chi connectivity index (χ1v) is 7.56. The second-order valence-electron chi connectivity index (χ2n) is 6.35. The van der Waals surface area contributed by atoms with E-state index in [1.54, 1.807) is 6.20 Å². The topological polar surface area (TPSA) is 46.5 Å². The van der Waals surface area contributed by atoms with E-state index in [2.05, 4.69) is 33.6 Å². The third-order valence-electron chi connectivity index (χ3n) is 4.14. The maximum absolute atomic E-state index is 5.45. The summed E-state index contributed by atoms with van der Waals surface area (Å²) in [5.41, 5.74) is 1.25. The van der Waals surface area contributed by atoms with E-state index in [1.165, 1.54) is 12.8 Å². The van der Waals surface area contributed by atoms with Crippen LogP contribution < -0.4 is 0 Å². The van der Waals surface area contributed by atoms with Crippen LogP contribution in [0.1, 0.15) is 45.6 Å². The van der Waals surface area contributed by atoms with Crippen molar-refractivity contribution in [1.29, 1.82) is 0 Å². The minimum atomic E-state index is 0.371. The number of aromatic nitrogens is 4. The molecule has 2 aromatic rings. The molecule has 4 nitrogen and oxygen atoms in total. The van der Waals surface area contributed by atoms with Crippen molar-refractivity contribution in [2.45, 2.75) is 45.6 Å². The minimum absolute atomic E-state index is 0.371. The quantitative estimate of drug-likeness (QED) is 0.845. The van der Waals surface area contributed by atoms with E-state index in [1.807, 2.05) is 18.2 Å². The van der Waals surface area contributed by atoms with Gasteiger partial charge in [-0.2, -0.15) is 5.10 Å². The molecule has 1 unspecified atom stereocenters. The molecule has 20 heavy (non-hydrogen) atoms. The van der Waals surface area contributed by atoms with Gasteiger partial charge in [0, 0.05) is 12.2 Å². The van der Waals surface area contributed by atoms with E-state index in [9.17, 15) is 0 Å². The summed E-state index contributed by atoms with van der Waals surface area (Å²) in [5.74, 6) is 0.860. The van der Waals surface area contributed by atoms with Crippen LogP contribution in [-0.2, 0) is 0 Å². The third-order valence-corrected chi connectivity index (χ3v) is 4.43. The van der Waals surface area contributed by atoms with E-state index in [-0.39, 0.29) is 0 Å². The molecule has 1 N–H and O–H groups in total. The van der Waals surface area contributed by atoms with E-state index >= 15 is 0 Å². The molecular formula is C15H20N4S. The van der Waals surface area contributed by atoms with Crippen LogP contribution >= 0.6 is 12.2 Å². The van der Waals surface area contributed by atoms with Crippen molar-refractivity contribution in [3.63, 3.8) is 0 Å². The van der Waals surface area contributed by atoms with Crippen molar-refractivity contribution in [3.8, 4) is 11.5 Å². The van der Waals surface area contributed by atoms with Crippen LogP contribution in [0.4, 0.5) is 0 Å². The predicted molar refractivity (Wildman–Crippen MR) is 81.9 cm³/mol. The van der Waals surface area contributed by atoms with Crippen molar-refractivity contribution >= 4 is 12.2 Å². The third kappa shape index (κ3) is 2.54. The van der Waals surface area contributed by atoms with E-state index in [0.29, 0.717) is 16.2 Å². The molecule has 0 spiro atoms. The number of hydrogen-bond donors (Lipinski definition) is 1. The Hall–Kier alpha value is -1.49. The molecule has 5 heteroatoms. The number of hydrogen-bond acceptors (Lipinski definition) is 3. The zero-order valence-electron chi connectivity index (χ0n) is 12.0. The van der Waals surface area contributed by atoms with Gasteiger partial charge < -0.3 is 0 Å². The second-order valence-corrected chi connectivity index (χ2v) is 6.74. The van der Waals surface area contributed by atoms with Crippen LogP contribution in [0.15, 0.2) is 24.4 Å². The first-order valence-electron chi connectivity index (χ1n) is 7.15.